The van der Waals surface area contributed by atoms with Crippen molar-refractivity contribution in [3.8, 4) is 0 Å². The number of pyridine rings is 1. The van der Waals surface area contributed by atoms with E-state index >= 15 is 0 Å². The van der Waals surface area contributed by atoms with Gasteiger partial charge in [-0.25, -0.2) is 8.42 Å². The quantitative estimate of drug-likeness (QED) is 0.808. The number of aromatic amines is 1. The number of rotatable bonds is 4. The Balaban J connectivity index is 1.88. The van der Waals surface area contributed by atoms with Crippen LogP contribution in [0.5, 0.6) is 0 Å². The number of sulfonamides is 1. The molecule has 1 saturated heterocycles. The maximum absolute atomic E-state index is 12.7. The molecule has 10 heteroatoms. The molecule has 1 aliphatic rings. The molecule has 0 unspecified atom stereocenters. The van der Waals surface area contributed by atoms with Crippen molar-refractivity contribution in [2.24, 2.45) is 0 Å². The van der Waals surface area contributed by atoms with Crippen molar-refractivity contribution in [2.45, 2.75) is 4.90 Å². The lowest BCUT2D eigenvalue weighted by molar-refractivity contribution is 0.0730. The molecule has 0 saturated carbocycles. The zero-order valence-corrected chi connectivity index (χ0v) is 15.1. The van der Waals surface area contributed by atoms with Crippen LogP contribution < -0.4 is 10.9 Å². The highest BCUT2D eigenvalue weighted by molar-refractivity contribution is 7.89. The molecule has 0 bridgehead atoms. The number of nitrogens with one attached hydrogen (secondary N) is 2. The van der Waals surface area contributed by atoms with Gasteiger partial charge in [-0.1, -0.05) is 11.6 Å². The van der Waals surface area contributed by atoms with Gasteiger partial charge < -0.3 is 15.0 Å². The number of hydrogen-bond donors (Lipinski definition) is 2. The van der Waals surface area contributed by atoms with Gasteiger partial charge in [-0.3, -0.25) is 9.59 Å². The molecule has 1 aliphatic heterocycles. The number of carbonyl (C=O) groups is 1. The highest BCUT2D eigenvalue weighted by Crippen LogP contribution is 2.27. The monoisotopic (exact) mass is 397 g/mol. The summed E-state index contributed by atoms with van der Waals surface area (Å²) in [6.45, 7) is 1.19. The van der Waals surface area contributed by atoms with Crippen LogP contribution in [0.1, 0.15) is 10.4 Å². The molecule has 26 heavy (non-hydrogen) atoms. The van der Waals surface area contributed by atoms with E-state index in [1.165, 1.54) is 34.8 Å². The second-order valence-electron chi connectivity index (χ2n) is 5.55. The number of ether oxygens (including phenoxy) is 1. The van der Waals surface area contributed by atoms with Crippen molar-refractivity contribution < 1.29 is 17.9 Å². The van der Waals surface area contributed by atoms with Gasteiger partial charge in [0.05, 0.1) is 28.8 Å². The number of nitrogens with zero attached hydrogens (tertiary/aromatic N) is 1. The Labute approximate surface area is 154 Å². The highest BCUT2D eigenvalue weighted by Gasteiger charge is 2.27. The van der Waals surface area contributed by atoms with Crippen molar-refractivity contribution in [3.05, 3.63) is 57.5 Å². The standard InChI is InChI=1S/C16H16ClN3O5S/c17-13-2-1-12(26(23,24)20-5-7-25-8-6-20)10-14(13)19-16(22)11-3-4-18-15(21)9-11/h1-4,9-10H,5-8H2,(H,18,21)(H,19,22). The van der Waals surface area contributed by atoms with Gasteiger partial charge in [0.25, 0.3) is 5.91 Å². The summed E-state index contributed by atoms with van der Waals surface area (Å²) < 4.78 is 31.9. The lowest BCUT2D eigenvalue weighted by atomic mass is 10.2. The second-order valence-corrected chi connectivity index (χ2v) is 7.90. The third-order valence-corrected chi connectivity index (χ3v) is 6.06. The molecule has 2 N–H and O–H groups in total. The van der Waals surface area contributed by atoms with Crippen LogP contribution in [0.2, 0.25) is 5.02 Å². The van der Waals surface area contributed by atoms with Crippen LogP contribution in [-0.2, 0) is 14.8 Å². The van der Waals surface area contributed by atoms with E-state index < -0.39 is 21.5 Å². The molecule has 1 aromatic carbocycles. The molecule has 1 aromatic heterocycles. The topological polar surface area (TPSA) is 109 Å². The average molecular weight is 398 g/mol. The fourth-order valence-electron chi connectivity index (χ4n) is 2.48. The van der Waals surface area contributed by atoms with Gasteiger partial charge in [-0.05, 0) is 24.3 Å². The first kappa shape index (κ1) is 18.6. The summed E-state index contributed by atoms with van der Waals surface area (Å²) in [6.07, 6.45) is 1.35. The second kappa shape index (κ2) is 7.58. The van der Waals surface area contributed by atoms with Crippen LogP contribution in [0.15, 0.2) is 46.2 Å². The minimum atomic E-state index is -3.72. The summed E-state index contributed by atoms with van der Waals surface area (Å²) >= 11 is 6.08. The molecule has 0 aliphatic carbocycles. The van der Waals surface area contributed by atoms with E-state index in [9.17, 15) is 18.0 Å². The van der Waals surface area contributed by atoms with Crippen molar-refractivity contribution in [3.63, 3.8) is 0 Å². The van der Waals surface area contributed by atoms with Crippen LogP contribution in [0.4, 0.5) is 5.69 Å². The predicted octanol–water partition coefficient (Wildman–Crippen LogP) is 1.30. The first-order valence-corrected chi connectivity index (χ1v) is 9.57. The van der Waals surface area contributed by atoms with Crippen LogP contribution in [0, 0.1) is 0 Å². The highest BCUT2D eigenvalue weighted by atomic mass is 35.5. The van der Waals surface area contributed by atoms with Gasteiger partial charge in [0.15, 0.2) is 0 Å². The molecule has 2 heterocycles. The van der Waals surface area contributed by atoms with Crippen molar-refractivity contribution >= 4 is 33.2 Å². The molecule has 0 radical (unpaired) electrons. The number of hydrogen-bond acceptors (Lipinski definition) is 5. The molecule has 3 rings (SSSR count). The van der Waals surface area contributed by atoms with Crippen molar-refractivity contribution in [2.75, 3.05) is 31.6 Å². The molecule has 2 aromatic rings. The van der Waals surface area contributed by atoms with Gasteiger partial charge in [-0.2, -0.15) is 4.31 Å². The predicted molar refractivity (Wildman–Crippen MR) is 96.0 cm³/mol. The normalized spacial score (nSPS) is 15.6. The van der Waals surface area contributed by atoms with E-state index in [1.807, 2.05) is 0 Å². The first-order valence-electron chi connectivity index (χ1n) is 7.75. The number of amides is 1. The third-order valence-electron chi connectivity index (χ3n) is 3.83. The molecule has 0 spiro atoms. The van der Waals surface area contributed by atoms with Crippen LogP contribution in [-0.4, -0.2) is 49.9 Å². The zero-order valence-electron chi connectivity index (χ0n) is 13.6. The number of morpholine rings is 1. The van der Waals surface area contributed by atoms with E-state index in [2.05, 4.69) is 10.3 Å². The van der Waals surface area contributed by atoms with Crippen LogP contribution in [0.25, 0.3) is 0 Å². The van der Waals surface area contributed by atoms with Gasteiger partial charge >= 0.3 is 0 Å². The van der Waals surface area contributed by atoms with Crippen molar-refractivity contribution in [1.82, 2.24) is 9.29 Å². The molecular weight excluding hydrogens is 382 g/mol. The Morgan fingerprint density at radius 2 is 1.92 bits per heavy atom. The molecule has 138 valence electrons. The number of aromatic nitrogens is 1. The number of anilines is 1. The Morgan fingerprint density at radius 3 is 2.62 bits per heavy atom. The van der Waals surface area contributed by atoms with E-state index in [1.54, 1.807) is 0 Å². The minimum Gasteiger partial charge on any atom is -0.379 e. The van der Waals surface area contributed by atoms with E-state index in [0.717, 1.165) is 6.07 Å². The van der Waals surface area contributed by atoms with Crippen molar-refractivity contribution in [1.29, 1.82) is 0 Å². The SMILES string of the molecule is O=C(Nc1cc(S(=O)(=O)N2CCOCC2)ccc1Cl)c1cc[nH]c(=O)c1. The molecule has 1 amide bonds. The molecular formula is C16H16ClN3O5S. The molecule has 1 fully saturated rings. The number of halogens is 1. The Kier molecular flexibility index (Phi) is 5.42. The van der Waals surface area contributed by atoms with Gasteiger partial charge in [-0.15, -0.1) is 0 Å². The third kappa shape index (κ3) is 3.96. The largest absolute Gasteiger partial charge is 0.379 e. The van der Waals surface area contributed by atoms with E-state index in [0.29, 0.717) is 13.2 Å². The lowest BCUT2D eigenvalue weighted by Gasteiger charge is -2.26. The average Bonchev–Trinajstić information content (AvgIpc) is 2.64. The van der Waals surface area contributed by atoms with Gasteiger partial charge in [0, 0.05) is 30.9 Å². The summed E-state index contributed by atoms with van der Waals surface area (Å²) in [6, 6.07) is 6.66. The summed E-state index contributed by atoms with van der Waals surface area (Å²) in [7, 11) is -3.72. The smallest absolute Gasteiger partial charge is 0.255 e. The number of benzene rings is 1. The van der Waals surface area contributed by atoms with E-state index in [-0.39, 0.29) is 34.3 Å². The number of carbonyl (C=O) groups excluding carboxylic acids is 1. The summed E-state index contributed by atoms with van der Waals surface area (Å²) in [5.74, 6) is -0.570. The van der Waals surface area contributed by atoms with Gasteiger partial charge in [0.2, 0.25) is 15.6 Å². The summed E-state index contributed by atoms with van der Waals surface area (Å²) in [5, 5.41) is 2.72. The van der Waals surface area contributed by atoms with Crippen LogP contribution >= 0.6 is 11.6 Å². The summed E-state index contributed by atoms with van der Waals surface area (Å²) in [5.41, 5.74) is -0.148. The minimum absolute atomic E-state index is 0.0185. The van der Waals surface area contributed by atoms with Gasteiger partial charge in [0.1, 0.15) is 0 Å². The fourth-order valence-corrected chi connectivity index (χ4v) is 4.08. The number of H-pyrrole nitrogens is 1. The Bertz CT molecular complexity index is 983. The maximum atomic E-state index is 12.7. The summed E-state index contributed by atoms with van der Waals surface area (Å²) in [4.78, 5) is 26.0. The first-order chi connectivity index (χ1) is 12.4. The molecule has 8 nitrogen and oxygen atoms in total. The fraction of sp³-hybridized carbons (Fsp3) is 0.250. The molecule has 0 atom stereocenters. The maximum Gasteiger partial charge on any atom is 0.255 e. The Hall–Kier alpha value is -2.20. The lowest BCUT2D eigenvalue weighted by Crippen LogP contribution is -2.40. The Morgan fingerprint density at radius 1 is 1.19 bits per heavy atom. The zero-order chi connectivity index (χ0) is 18.7. The van der Waals surface area contributed by atoms with E-state index in [4.69, 9.17) is 16.3 Å². The van der Waals surface area contributed by atoms with Crippen LogP contribution in [0.3, 0.4) is 0 Å².